The van der Waals surface area contributed by atoms with E-state index in [1.54, 1.807) is 0 Å². The first-order chi connectivity index (χ1) is 11.9. The average Bonchev–Trinajstić information content (AvgIpc) is 2.89. The Balaban J connectivity index is 1.63. The van der Waals surface area contributed by atoms with Gasteiger partial charge in [0.2, 0.25) is 0 Å². The second-order valence-corrected chi connectivity index (χ2v) is 9.29. The van der Waals surface area contributed by atoms with Crippen molar-refractivity contribution in [2.45, 2.75) is 71.3 Å². The fourth-order valence-corrected chi connectivity index (χ4v) is 7.28. The van der Waals surface area contributed by atoms with Gasteiger partial charge in [0, 0.05) is 36.5 Å². The van der Waals surface area contributed by atoms with Crippen LogP contribution in [0.5, 0.6) is 0 Å². The average molecular weight is 365 g/mol. The molecule has 4 aliphatic rings. The molecular formula is C21H29ClO3. The van der Waals surface area contributed by atoms with Crippen molar-refractivity contribution in [2.75, 3.05) is 5.88 Å². The van der Waals surface area contributed by atoms with E-state index in [1.807, 2.05) is 0 Å². The number of fused-ring (bicyclic) bond motifs is 5. The van der Waals surface area contributed by atoms with E-state index >= 15 is 0 Å². The summed E-state index contributed by atoms with van der Waals surface area (Å²) in [6, 6.07) is 0. The molecule has 3 nitrogen and oxygen atoms in total. The summed E-state index contributed by atoms with van der Waals surface area (Å²) in [7, 11) is 0. The second kappa shape index (κ2) is 6.11. The Kier molecular flexibility index (Phi) is 4.30. The molecule has 4 heteroatoms. The molecule has 0 N–H and O–H groups in total. The number of carbonyl (C=O) groups is 2. The number of carbonyl (C=O) groups excluding carboxylic acids is 2. The Labute approximate surface area is 155 Å². The summed E-state index contributed by atoms with van der Waals surface area (Å²) < 4.78 is 5.50. The number of esters is 1. The number of hydrogen-bond acceptors (Lipinski definition) is 3. The Morgan fingerprint density at radius 2 is 2.08 bits per heavy atom. The molecule has 0 bridgehead atoms. The van der Waals surface area contributed by atoms with Crippen LogP contribution < -0.4 is 0 Å². The number of ether oxygens (including phenoxy) is 1. The number of ketones is 1. The zero-order chi connectivity index (χ0) is 17.8. The molecule has 3 fully saturated rings. The summed E-state index contributed by atoms with van der Waals surface area (Å²) in [5.41, 5.74) is 1.40. The number of allylic oxidation sites excluding steroid dienone is 1. The molecule has 0 aromatic carbocycles. The number of alkyl halides is 1. The monoisotopic (exact) mass is 364 g/mol. The highest BCUT2D eigenvalue weighted by Crippen LogP contribution is 2.64. The highest BCUT2D eigenvalue weighted by Gasteiger charge is 2.59. The first kappa shape index (κ1) is 17.6. The molecule has 4 rings (SSSR count). The smallest absolute Gasteiger partial charge is 0.302 e. The van der Waals surface area contributed by atoms with Gasteiger partial charge in [0.15, 0.2) is 0 Å². The van der Waals surface area contributed by atoms with Crippen molar-refractivity contribution in [1.82, 2.24) is 0 Å². The Morgan fingerprint density at radius 3 is 2.80 bits per heavy atom. The molecule has 6 atom stereocenters. The molecule has 0 amide bonds. The van der Waals surface area contributed by atoms with Gasteiger partial charge in [0.05, 0.1) is 0 Å². The van der Waals surface area contributed by atoms with E-state index in [1.165, 1.54) is 12.5 Å². The largest absolute Gasteiger partial charge is 0.462 e. The van der Waals surface area contributed by atoms with Crippen molar-refractivity contribution in [1.29, 1.82) is 0 Å². The molecule has 25 heavy (non-hydrogen) atoms. The first-order valence-corrected chi connectivity index (χ1v) is 10.4. The maximum Gasteiger partial charge on any atom is 0.302 e. The number of rotatable bonds is 2. The quantitative estimate of drug-likeness (QED) is 0.406. The van der Waals surface area contributed by atoms with Crippen LogP contribution in [0.1, 0.15) is 65.2 Å². The molecular weight excluding hydrogens is 336 g/mol. The molecule has 0 saturated heterocycles. The number of halogens is 1. The number of Topliss-reactive ketones (excluding diaryl/α,β-unsaturated/α-hetero) is 1. The zero-order valence-electron chi connectivity index (χ0n) is 15.4. The van der Waals surface area contributed by atoms with Gasteiger partial charge in [-0.25, -0.2) is 0 Å². The van der Waals surface area contributed by atoms with Crippen LogP contribution in [0.25, 0.3) is 0 Å². The number of hydrogen-bond donors (Lipinski definition) is 0. The van der Waals surface area contributed by atoms with Crippen LogP contribution in [0, 0.1) is 28.6 Å². The minimum absolute atomic E-state index is 0.0126. The fraction of sp³-hybridized carbons (Fsp3) is 0.810. The normalized spacial score (nSPS) is 45.9. The molecule has 0 spiro atoms. The van der Waals surface area contributed by atoms with Gasteiger partial charge in [-0.1, -0.05) is 18.6 Å². The van der Waals surface area contributed by atoms with Gasteiger partial charge < -0.3 is 4.74 Å². The SMILES string of the molecule is CC(=O)O[C@@H]1CC[C@@]2(CCl)C(=CC[C@@H]3[C@@H]2CC[C@]2(C)C(=O)CC[C@@H]32)C1. The van der Waals surface area contributed by atoms with E-state index < -0.39 is 0 Å². The summed E-state index contributed by atoms with van der Waals surface area (Å²) in [6.07, 6.45) is 10.2. The molecule has 0 aromatic rings. The zero-order valence-corrected chi connectivity index (χ0v) is 16.1. The van der Waals surface area contributed by atoms with Crippen LogP contribution in [0.4, 0.5) is 0 Å². The van der Waals surface area contributed by atoms with Crippen LogP contribution in [-0.4, -0.2) is 23.7 Å². The van der Waals surface area contributed by atoms with E-state index in [0.717, 1.165) is 51.4 Å². The van der Waals surface area contributed by atoms with E-state index in [2.05, 4.69) is 13.0 Å². The molecule has 0 unspecified atom stereocenters. The van der Waals surface area contributed by atoms with Crippen molar-refractivity contribution in [3.63, 3.8) is 0 Å². The van der Waals surface area contributed by atoms with Crippen molar-refractivity contribution in [3.05, 3.63) is 11.6 Å². The summed E-state index contributed by atoms with van der Waals surface area (Å²) in [4.78, 5) is 23.8. The molecule has 0 aliphatic heterocycles. The third-order valence-electron chi connectivity index (χ3n) is 8.06. The van der Waals surface area contributed by atoms with Crippen LogP contribution in [0.3, 0.4) is 0 Å². The van der Waals surface area contributed by atoms with Crippen LogP contribution in [-0.2, 0) is 14.3 Å². The van der Waals surface area contributed by atoms with Crippen molar-refractivity contribution in [3.8, 4) is 0 Å². The molecule has 0 heterocycles. The first-order valence-electron chi connectivity index (χ1n) is 9.87. The standard InChI is InChI=1S/C21H29ClO3/c1-13(23)25-15-7-10-21(12-22)14(11-15)3-4-16-17-5-6-19(24)20(17,2)9-8-18(16)21/h3,15-18H,4-12H2,1-2H3/t15-,16+,17+,18+,20+,21-/m1/s1. The van der Waals surface area contributed by atoms with E-state index in [9.17, 15) is 9.59 Å². The van der Waals surface area contributed by atoms with Gasteiger partial charge in [0.25, 0.3) is 0 Å². The molecule has 3 saturated carbocycles. The molecule has 138 valence electrons. The summed E-state index contributed by atoms with van der Waals surface area (Å²) in [6.45, 7) is 3.71. The predicted molar refractivity (Wildman–Crippen MR) is 97.3 cm³/mol. The summed E-state index contributed by atoms with van der Waals surface area (Å²) >= 11 is 6.61. The van der Waals surface area contributed by atoms with Crippen LogP contribution in [0.2, 0.25) is 0 Å². The van der Waals surface area contributed by atoms with Crippen LogP contribution >= 0.6 is 11.6 Å². The third-order valence-corrected chi connectivity index (χ3v) is 8.54. The lowest BCUT2D eigenvalue weighted by Crippen LogP contribution is -2.52. The Hall–Kier alpha value is -0.830. The minimum atomic E-state index is -0.185. The van der Waals surface area contributed by atoms with Crippen molar-refractivity contribution >= 4 is 23.4 Å². The maximum atomic E-state index is 12.5. The highest BCUT2D eigenvalue weighted by atomic mass is 35.5. The Morgan fingerprint density at radius 1 is 1.28 bits per heavy atom. The van der Waals surface area contributed by atoms with E-state index in [-0.39, 0.29) is 22.9 Å². The van der Waals surface area contributed by atoms with Gasteiger partial charge in [-0.05, 0) is 56.3 Å². The molecule has 4 aliphatic carbocycles. The second-order valence-electron chi connectivity index (χ2n) is 9.02. The lowest BCUT2D eigenvalue weighted by molar-refractivity contribution is -0.148. The topological polar surface area (TPSA) is 43.4 Å². The summed E-state index contributed by atoms with van der Waals surface area (Å²) in [5.74, 6) is 2.68. The van der Waals surface area contributed by atoms with Gasteiger partial charge in [-0.3, -0.25) is 9.59 Å². The van der Waals surface area contributed by atoms with Crippen LogP contribution in [0.15, 0.2) is 11.6 Å². The van der Waals surface area contributed by atoms with E-state index in [0.29, 0.717) is 29.4 Å². The van der Waals surface area contributed by atoms with E-state index in [4.69, 9.17) is 16.3 Å². The minimum Gasteiger partial charge on any atom is -0.462 e. The third kappa shape index (κ3) is 2.52. The summed E-state index contributed by atoms with van der Waals surface area (Å²) in [5, 5.41) is 0. The molecule has 0 aromatic heterocycles. The Bertz CT molecular complexity index is 627. The highest BCUT2D eigenvalue weighted by molar-refractivity contribution is 6.18. The maximum absolute atomic E-state index is 12.5. The van der Waals surface area contributed by atoms with Gasteiger partial charge in [-0.15, -0.1) is 11.6 Å². The lowest BCUT2D eigenvalue weighted by Gasteiger charge is -2.57. The van der Waals surface area contributed by atoms with Gasteiger partial charge in [-0.2, -0.15) is 0 Å². The fourth-order valence-electron chi connectivity index (χ4n) is 6.78. The molecule has 0 radical (unpaired) electrons. The predicted octanol–water partition coefficient (Wildman–Crippen LogP) is 4.67. The van der Waals surface area contributed by atoms with Gasteiger partial charge in [0.1, 0.15) is 11.9 Å². The van der Waals surface area contributed by atoms with Crippen molar-refractivity contribution < 1.29 is 14.3 Å². The van der Waals surface area contributed by atoms with Crippen molar-refractivity contribution in [2.24, 2.45) is 28.6 Å². The lowest BCUT2D eigenvalue weighted by atomic mass is 9.48. The van der Waals surface area contributed by atoms with Gasteiger partial charge >= 0.3 is 5.97 Å².